The van der Waals surface area contributed by atoms with Crippen LogP contribution in [0.3, 0.4) is 0 Å². The van der Waals surface area contributed by atoms with Gasteiger partial charge in [0.05, 0.1) is 6.54 Å². The van der Waals surface area contributed by atoms with Crippen molar-refractivity contribution < 1.29 is 4.79 Å². The number of anilines is 3. The van der Waals surface area contributed by atoms with Crippen LogP contribution in [-0.2, 0) is 4.79 Å². The van der Waals surface area contributed by atoms with Crippen LogP contribution < -0.4 is 27.6 Å². The van der Waals surface area contributed by atoms with Gasteiger partial charge in [-0.05, 0) is 6.42 Å². The minimum atomic E-state index is -0.105. The molecule has 0 bridgehead atoms. The van der Waals surface area contributed by atoms with Gasteiger partial charge < -0.3 is 21.8 Å². The first-order valence-electron chi connectivity index (χ1n) is 5.27. The van der Waals surface area contributed by atoms with Crippen LogP contribution in [0, 0.1) is 0 Å². The highest BCUT2D eigenvalue weighted by molar-refractivity contribution is 5.80. The molecule has 0 aliphatic heterocycles. The fraction of sp³-hybridized carbons (Fsp3) is 0.444. The van der Waals surface area contributed by atoms with E-state index in [0.29, 0.717) is 18.2 Å². The third-order valence-electron chi connectivity index (χ3n) is 1.89. The van der Waals surface area contributed by atoms with E-state index in [-0.39, 0.29) is 18.4 Å². The number of hydrogen-bond acceptors (Lipinski definition) is 7. The standard InChI is InChI=1S/C9H17N7O/c1-2-3-12-8(17)5-13-6-4-7(16-11)15-9(10)14-6/h4H,2-3,5,11H2,1H3,(H,12,17)(H4,10,13,14,15,16). The summed E-state index contributed by atoms with van der Waals surface area (Å²) in [4.78, 5) is 19.1. The summed E-state index contributed by atoms with van der Waals surface area (Å²) in [7, 11) is 0. The molecule has 0 spiro atoms. The average Bonchev–Trinajstić information content (AvgIpc) is 2.33. The summed E-state index contributed by atoms with van der Waals surface area (Å²) in [6, 6.07) is 1.56. The first-order valence-corrected chi connectivity index (χ1v) is 5.27. The molecule has 94 valence electrons. The number of aromatic nitrogens is 2. The van der Waals surface area contributed by atoms with Gasteiger partial charge in [0.1, 0.15) is 11.6 Å². The molecular weight excluding hydrogens is 222 g/mol. The monoisotopic (exact) mass is 239 g/mol. The largest absolute Gasteiger partial charge is 0.368 e. The predicted octanol–water partition coefficient (Wildman–Crippen LogP) is -0.717. The van der Waals surface area contributed by atoms with Crippen LogP contribution in [0.2, 0.25) is 0 Å². The van der Waals surface area contributed by atoms with Crippen LogP contribution in [-0.4, -0.2) is 29.0 Å². The lowest BCUT2D eigenvalue weighted by Crippen LogP contribution is -2.30. The number of carbonyl (C=O) groups is 1. The van der Waals surface area contributed by atoms with Crippen molar-refractivity contribution in [2.45, 2.75) is 13.3 Å². The molecule has 8 nitrogen and oxygen atoms in total. The van der Waals surface area contributed by atoms with Crippen LogP contribution in [0.5, 0.6) is 0 Å². The zero-order valence-electron chi connectivity index (χ0n) is 9.66. The van der Waals surface area contributed by atoms with E-state index in [1.165, 1.54) is 0 Å². The lowest BCUT2D eigenvalue weighted by molar-refractivity contribution is -0.119. The Labute approximate surface area is 99.2 Å². The Morgan fingerprint density at radius 2 is 2.12 bits per heavy atom. The molecule has 0 saturated carbocycles. The Morgan fingerprint density at radius 1 is 1.41 bits per heavy atom. The molecule has 0 aliphatic carbocycles. The van der Waals surface area contributed by atoms with Crippen molar-refractivity contribution in [3.8, 4) is 0 Å². The number of nitrogens with zero attached hydrogens (tertiary/aromatic N) is 2. The maximum Gasteiger partial charge on any atom is 0.239 e. The molecule has 0 aliphatic rings. The van der Waals surface area contributed by atoms with Gasteiger partial charge in [-0.25, -0.2) is 5.84 Å². The van der Waals surface area contributed by atoms with Crippen molar-refractivity contribution in [3.63, 3.8) is 0 Å². The van der Waals surface area contributed by atoms with E-state index in [4.69, 9.17) is 11.6 Å². The van der Waals surface area contributed by atoms with E-state index in [0.717, 1.165) is 6.42 Å². The van der Waals surface area contributed by atoms with Gasteiger partial charge in [0.2, 0.25) is 11.9 Å². The van der Waals surface area contributed by atoms with Gasteiger partial charge in [-0.2, -0.15) is 9.97 Å². The summed E-state index contributed by atoms with van der Waals surface area (Å²) in [5, 5.41) is 5.56. The van der Waals surface area contributed by atoms with Crippen molar-refractivity contribution >= 4 is 23.5 Å². The summed E-state index contributed by atoms with van der Waals surface area (Å²) in [5.41, 5.74) is 7.82. The molecule has 7 N–H and O–H groups in total. The van der Waals surface area contributed by atoms with Gasteiger partial charge in [0, 0.05) is 12.6 Å². The van der Waals surface area contributed by atoms with Gasteiger partial charge in [-0.1, -0.05) is 6.92 Å². The predicted molar refractivity (Wildman–Crippen MR) is 66.0 cm³/mol. The second-order valence-corrected chi connectivity index (χ2v) is 3.34. The minimum Gasteiger partial charge on any atom is -0.368 e. The zero-order valence-corrected chi connectivity index (χ0v) is 9.66. The molecule has 0 unspecified atom stereocenters. The van der Waals surface area contributed by atoms with E-state index in [2.05, 4.69) is 26.0 Å². The normalized spacial score (nSPS) is 9.76. The Kier molecular flexibility index (Phi) is 4.95. The summed E-state index contributed by atoms with van der Waals surface area (Å²) in [6.07, 6.45) is 0.896. The quantitative estimate of drug-likeness (QED) is 0.327. The zero-order chi connectivity index (χ0) is 12.7. The van der Waals surface area contributed by atoms with E-state index in [1.807, 2.05) is 6.92 Å². The number of amides is 1. The van der Waals surface area contributed by atoms with Crippen molar-refractivity contribution in [2.24, 2.45) is 5.84 Å². The van der Waals surface area contributed by atoms with E-state index in [1.54, 1.807) is 6.07 Å². The van der Waals surface area contributed by atoms with Crippen LogP contribution in [0.4, 0.5) is 17.6 Å². The lowest BCUT2D eigenvalue weighted by Gasteiger charge is -2.08. The van der Waals surface area contributed by atoms with Crippen LogP contribution in [0.25, 0.3) is 0 Å². The van der Waals surface area contributed by atoms with E-state index < -0.39 is 0 Å². The molecule has 1 amide bonds. The molecule has 1 rings (SSSR count). The average molecular weight is 239 g/mol. The molecule has 0 atom stereocenters. The van der Waals surface area contributed by atoms with Gasteiger partial charge in [-0.15, -0.1) is 0 Å². The molecule has 1 aromatic rings. The molecule has 0 radical (unpaired) electrons. The molecule has 8 heteroatoms. The molecule has 0 saturated heterocycles. The van der Waals surface area contributed by atoms with E-state index >= 15 is 0 Å². The molecule has 1 aromatic heterocycles. The maximum absolute atomic E-state index is 11.3. The summed E-state index contributed by atoms with van der Waals surface area (Å²) in [6.45, 7) is 2.76. The van der Waals surface area contributed by atoms with E-state index in [9.17, 15) is 4.79 Å². The highest BCUT2D eigenvalue weighted by Crippen LogP contribution is 2.10. The number of hydrazine groups is 1. The SMILES string of the molecule is CCCNC(=O)CNc1cc(NN)nc(N)n1. The Bertz CT molecular complexity index is 382. The number of hydrogen-bond donors (Lipinski definition) is 5. The van der Waals surface area contributed by atoms with Crippen molar-refractivity contribution in [3.05, 3.63) is 6.07 Å². The van der Waals surface area contributed by atoms with Crippen LogP contribution in [0.15, 0.2) is 6.07 Å². The molecular formula is C9H17N7O. The summed E-state index contributed by atoms with van der Waals surface area (Å²) < 4.78 is 0. The highest BCUT2D eigenvalue weighted by atomic mass is 16.1. The fourth-order valence-corrected chi connectivity index (χ4v) is 1.13. The van der Waals surface area contributed by atoms with Crippen molar-refractivity contribution in [2.75, 3.05) is 29.6 Å². The topological polar surface area (TPSA) is 131 Å². The number of nitrogens with one attached hydrogen (secondary N) is 3. The number of nitrogen functional groups attached to an aromatic ring is 2. The molecule has 0 fully saturated rings. The molecule has 17 heavy (non-hydrogen) atoms. The van der Waals surface area contributed by atoms with Crippen LogP contribution >= 0.6 is 0 Å². The third-order valence-corrected chi connectivity index (χ3v) is 1.89. The van der Waals surface area contributed by atoms with Gasteiger partial charge in [-0.3, -0.25) is 4.79 Å². The van der Waals surface area contributed by atoms with Gasteiger partial charge in [0.25, 0.3) is 0 Å². The smallest absolute Gasteiger partial charge is 0.239 e. The van der Waals surface area contributed by atoms with Gasteiger partial charge >= 0.3 is 0 Å². The lowest BCUT2D eigenvalue weighted by atomic mass is 10.4. The second kappa shape index (κ2) is 6.48. The Balaban J connectivity index is 2.51. The number of rotatable bonds is 6. The second-order valence-electron chi connectivity index (χ2n) is 3.34. The van der Waals surface area contributed by atoms with Crippen LogP contribution in [0.1, 0.15) is 13.3 Å². The Hall–Kier alpha value is -2.09. The Morgan fingerprint density at radius 3 is 2.76 bits per heavy atom. The number of carbonyl (C=O) groups excluding carboxylic acids is 1. The molecule has 1 heterocycles. The summed E-state index contributed by atoms with van der Waals surface area (Å²) >= 11 is 0. The molecule has 0 aromatic carbocycles. The minimum absolute atomic E-state index is 0.0805. The summed E-state index contributed by atoms with van der Waals surface area (Å²) in [5.74, 6) is 6.01. The van der Waals surface area contributed by atoms with Crippen molar-refractivity contribution in [1.29, 1.82) is 0 Å². The third kappa shape index (κ3) is 4.51. The number of nitrogens with two attached hydrogens (primary N) is 2. The van der Waals surface area contributed by atoms with Gasteiger partial charge in [0.15, 0.2) is 0 Å². The highest BCUT2D eigenvalue weighted by Gasteiger charge is 2.03. The fourth-order valence-electron chi connectivity index (χ4n) is 1.13. The maximum atomic E-state index is 11.3. The first-order chi connectivity index (χ1) is 8.15. The van der Waals surface area contributed by atoms with Crippen molar-refractivity contribution in [1.82, 2.24) is 15.3 Å². The first kappa shape index (κ1) is 13.0.